The van der Waals surface area contributed by atoms with Gasteiger partial charge < -0.3 is 19.3 Å². The van der Waals surface area contributed by atoms with Gasteiger partial charge in [0.1, 0.15) is 18.5 Å². The number of aliphatic hydroxyl groups is 1. The van der Waals surface area contributed by atoms with Gasteiger partial charge in [-0.1, -0.05) is 11.8 Å². The Balaban J connectivity index is 2.08. The average Bonchev–Trinajstić information content (AvgIpc) is 2.34. The van der Waals surface area contributed by atoms with E-state index < -0.39 is 0 Å². The topological polar surface area (TPSA) is 47.9 Å². The lowest BCUT2D eigenvalue weighted by Crippen LogP contribution is -2.35. The first-order valence-corrected chi connectivity index (χ1v) is 5.79. The van der Waals surface area contributed by atoms with Crippen LogP contribution in [0.2, 0.25) is 0 Å². The Morgan fingerprint density at radius 2 is 2.28 bits per heavy atom. The molecule has 0 amide bonds. The summed E-state index contributed by atoms with van der Waals surface area (Å²) in [5.41, 5.74) is 1.79. The monoisotopic (exact) mass is 248 g/mol. The fourth-order valence-electron chi connectivity index (χ4n) is 1.63. The molecular formula is C14H16O4. The van der Waals surface area contributed by atoms with Crippen molar-refractivity contribution in [2.45, 2.75) is 12.7 Å². The van der Waals surface area contributed by atoms with E-state index in [4.69, 9.17) is 19.3 Å². The third kappa shape index (κ3) is 3.23. The molecular weight excluding hydrogens is 232 g/mol. The number of hydrogen-bond acceptors (Lipinski definition) is 4. The maximum atomic E-state index is 8.68. The zero-order chi connectivity index (χ0) is 12.8. The Hall–Kier alpha value is -1.54. The second-order valence-corrected chi connectivity index (χ2v) is 3.96. The second-order valence-electron chi connectivity index (χ2n) is 3.96. The van der Waals surface area contributed by atoms with Crippen LogP contribution in [-0.4, -0.2) is 38.1 Å². The maximum absolute atomic E-state index is 8.68. The zero-order valence-electron chi connectivity index (χ0n) is 10.3. The van der Waals surface area contributed by atoms with Crippen LogP contribution in [0.1, 0.15) is 11.1 Å². The molecule has 18 heavy (non-hydrogen) atoms. The van der Waals surface area contributed by atoms with E-state index in [9.17, 15) is 0 Å². The average molecular weight is 248 g/mol. The summed E-state index contributed by atoms with van der Waals surface area (Å²) in [7, 11) is 1.63. The van der Waals surface area contributed by atoms with E-state index in [1.165, 1.54) is 0 Å². The van der Waals surface area contributed by atoms with E-state index in [0.29, 0.717) is 19.8 Å². The first kappa shape index (κ1) is 12.9. The summed E-state index contributed by atoms with van der Waals surface area (Å²) < 4.78 is 16.0. The van der Waals surface area contributed by atoms with Crippen LogP contribution >= 0.6 is 0 Å². The van der Waals surface area contributed by atoms with E-state index in [2.05, 4.69) is 11.8 Å². The second kappa shape index (κ2) is 6.41. The highest BCUT2D eigenvalue weighted by molar-refractivity contribution is 5.44. The quantitative estimate of drug-likeness (QED) is 0.806. The van der Waals surface area contributed by atoms with Crippen LogP contribution in [0.4, 0.5) is 0 Å². The van der Waals surface area contributed by atoms with Crippen molar-refractivity contribution >= 4 is 0 Å². The molecule has 1 saturated heterocycles. The first-order valence-electron chi connectivity index (χ1n) is 5.79. The minimum Gasteiger partial charge on any atom is -0.496 e. The SMILES string of the molecule is COc1ccc(C#CCO)cc1COC1COC1. The van der Waals surface area contributed by atoms with E-state index >= 15 is 0 Å². The van der Waals surface area contributed by atoms with Gasteiger partial charge in [0.05, 0.1) is 26.9 Å². The normalized spacial score (nSPS) is 14.6. The van der Waals surface area contributed by atoms with E-state index in [-0.39, 0.29) is 12.7 Å². The smallest absolute Gasteiger partial charge is 0.124 e. The molecule has 1 aromatic carbocycles. The molecule has 1 aliphatic heterocycles. The molecule has 1 heterocycles. The lowest BCUT2D eigenvalue weighted by molar-refractivity contribution is -0.135. The van der Waals surface area contributed by atoms with Gasteiger partial charge in [0, 0.05) is 11.1 Å². The van der Waals surface area contributed by atoms with Crippen LogP contribution in [0.3, 0.4) is 0 Å². The molecule has 0 aliphatic carbocycles. The van der Waals surface area contributed by atoms with Gasteiger partial charge in [-0.2, -0.15) is 0 Å². The molecule has 0 saturated carbocycles. The molecule has 0 radical (unpaired) electrons. The summed E-state index contributed by atoms with van der Waals surface area (Å²) in [6, 6.07) is 5.63. The molecule has 2 rings (SSSR count). The van der Waals surface area contributed by atoms with Crippen LogP contribution < -0.4 is 4.74 Å². The third-order valence-electron chi connectivity index (χ3n) is 2.67. The lowest BCUT2D eigenvalue weighted by atomic mass is 10.1. The molecule has 96 valence electrons. The number of ether oxygens (including phenoxy) is 3. The Morgan fingerprint density at radius 1 is 1.44 bits per heavy atom. The van der Waals surface area contributed by atoms with E-state index in [1.54, 1.807) is 7.11 Å². The number of hydrogen-bond donors (Lipinski definition) is 1. The molecule has 0 unspecified atom stereocenters. The van der Waals surface area contributed by atoms with Crippen LogP contribution in [0.25, 0.3) is 0 Å². The Morgan fingerprint density at radius 3 is 2.89 bits per heavy atom. The van der Waals surface area contributed by atoms with Gasteiger partial charge in [-0.15, -0.1) is 0 Å². The predicted octanol–water partition coefficient (Wildman–Crippen LogP) is 0.954. The molecule has 1 aliphatic rings. The van der Waals surface area contributed by atoms with Gasteiger partial charge in [-0.3, -0.25) is 0 Å². The van der Waals surface area contributed by atoms with Crippen LogP contribution in [0.5, 0.6) is 5.75 Å². The van der Waals surface area contributed by atoms with Gasteiger partial charge in [0.2, 0.25) is 0 Å². The summed E-state index contributed by atoms with van der Waals surface area (Å²) >= 11 is 0. The third-order valence-corrected chi connectivity index (χ3v) is 2.67. The number of methoxy groups -OCH3 is 1. The summed E-state index contributed by atoms with van der Waals surface area (Å²) in [5, 5.41) is 8.68. The van der Waals surface area contributed by atoms with E-state index in [1.807, 2.05) is 18.2 Å². The van der Waals surface area contributed by atoms with Crippen molar-refractivity contribution < 1.29 is 19.3 Å². The summed E-state index contributed by atoms with van der Waals surface area (Å²) in [4.78, 5) is 0. The van der Waals surface area contributed by atoms with Crippen molar-refractivity contribution in [2.75, 3.05) is 26.9 Å². The molecule has 0 atom stereocenters. The Labute approximate surface area is 106 Å². The predicted molar refractivity (Wildman–Crippen MR) is 66.4 cm³/mol. The largest absolute Gasteiger partial charge is 0.496 e. The number of benzene rings is 1. The van der Waals surface area contributed by atoms with Crippen molar-refractivity contribution in [1.29, 1.82) is 0 Å². The van der Waals surface area contributed by atoms with Crippen LogP contribution in [0.15, 0.2) is 18.2 Å². The highest BCUT2D eigenvalue weighted by Gasteiger charge is 2.19. The standard InChI is InChI=1S/C14H16O4/c1-16-14-5-4-11(3-2-6-15)7-12(14)8-18-13-9-17-10-13/h4-5,7,13,15H,6,8-10H2,1H3. The highest BCUT2D eigenvalue weighted by Crippen LogP contribution is 2.21. The molecule has 1 fully saturated rings. The first-order chi connectivity index (χ1) is 8.83. The Bertz CT molecular complexity index is 455. The van der Waals surface area contributed by atoms with Gasteiger partial charge in [-0.25, -0.2) is 0 Å². The van der Waals surface area contributed by atoms with Crippen LogP contribution in [-0.2, 0) is 16.1 Å². The fraction of sp³-hybridized carbons (Fsp3) is 0.429. The number of aliphatic hydroxyl groups excluding tert-OH is 1. The van der Waals surface area contributed by atoms with Gasteiger partial charge >= 0.3 is 0 Å². The molecule has 0 aromatic heterocycles. The van der Waals surface area contributed by atoms with Crippen molar-refractivity contribution in [3.05, 3.63) is 29.3 Å². The zero-order valence-corrected chi connectivity index (χ0v) is 10.3. The number of rotatable bonds is 4. The minimum atomic E-state index is -0.142. The maximum Gasteiger partial charge on any atom is 0.124 e. The van der Waals surface area contributed by atoms with Crippen molar-refractivity contribution in [2.24, 2.45) is 0 Å². The minimum absolute atomic E-state index is 0.142. The summed E-state index contributed by atoms with van der Waals surface area (Å²) in [5.74, 6) is 6.27. The summed E-state index contributed by atoms with van der Waals surface area (Å²) in [6.45, 7) is 1.65. The lowest BCUT2D eigenvalue weighted by Gasteiger charge is -2.26. The van der Waals surface area contributed by atoms with Crippen molar-refractivity contribution in [3.8, 4) is 17.6 Å². The summed E-state index contributed by atoms with van der Waals surface area (Å²) in [6.07, 6.45) is 0.182. The molecule has 1 aromatic rings. The van der Waals surface area contributed by atoms with Crippen molar-refractivity contribution in [3.63, 3.8) is 0 Å². The molecule has 4 nitrogen and oxygen atoms in total. The van der Waals surface area contributed by atoms with Crippen molar-refractivity contribution in [1.82, 2.24) is 0 Å². The van der Waals surface area contributed by atoms with E-state index in [0.717, 1.165) is 16.9 Å². The molecule has 1 N–H and O–H groups in total. The molecule has 0 spiro atoms. The van der Waals surface area contributed by atoms with Gasteiger partial charge in [0.25, 0.3) is 0 Å². The van der Waals surface area contributed by atoms with Gasteiger partial charge in [0.15, 0.2) is 0 Å². The molecule has 0 bridgehead atoms. The molecule has 4 heteroatoms. The Kier molecular flexibility index (Phi) is 4.59. The fourth-order valence-corrected chi connectivity index (χ4v) is 1.63. The highest BCUT2D eigenvalue weighted by atomic mass is 16.6. The van der Waals surface area contributed by atoms with Gasteiger partial charge in [-0.05, 0) is 18.2 Å². The van der Waals surface area contributed by atoms with Crippen LogP contribution in [0, 0.1) is 11.8 Å².